The minimum absolute atomic E-state index is 0.117. The van der Waals surface area contributed by atoms with Gasteiger partial charge in [-0.15, -0.1) is 0 Å². The van der Waals surface area contributed by atoms with E-state index in [0.717, 1.165) is 0 Å². The van der Waals surface area contributed by atoms with Gasteiger partial charge < -0.3 is 4.74 Å². The quantitative estimate of drug-likeness (QED) is 0.711. The molecule has 0 heterocycles. The summed E-state index contributed by atoms with van der Waals surface area (Å²) < 4.78 is 5.68. The normalized spacial score (nSPS) is 11.2. The summed E-state index contributed by atoms with van der Waals surface area (Å²) in [6.07, 6.45) is 0. The predicted molar refractivity (Wildman–Crippen MR) is 81.8 cm³/mol. The summed E-state index contributed by atoms with van der Waals surface area (Å²) in [5.41, 5.74) is 0.311. The highest BCUT2D eigenvalue weighted by atomic mass is 35.5. The van der Waals surface area contributed by atoms with E-state index in [1.54, 1.807) is 36.4 Å². The van der Waals surface area contributed by atoms with Crippen molar-refractivity contribution >= 4 is 17.4 Å². The standard InChI is InChI=1S/C17H17ClO2/c1-17(2,3)16(19)12-7-9-14(10-8-12)20-15-6-4-5-13(18)11-15/h4-11H,1-3H3. The summed E-state index contributed by atoms with van der Waals surface area (Å²) in [6, 6.07) is 14.4. The lowest BCUT2D eigenvalue weighted by molar-refractivity contribution is 0.0858. The number of carbonyl (C=O) groups excluding carboxylic acids is 1. The second-order valence-corrected chi connectivity index (χ2v) is 6.10. The number of rotatable bonds is 3. The van der Waals surface area contributed by atoms with Gasteiger partial charge in [-0.2, -0.15) is 0 Å². The lowest BCUT2D eigenvalue weighted by atomic mass is 9.86. The molecule has 0 spiro atoms. The molecule has 3 heteroatoms. The van der Waals surface area contributed by atoms with Gasteiger partial charge >= 0.3 is 0 Å². The Morgan fingerprint density at radius 2 is 1.65 bits per heavy atom. The summed E-state index contributed by atoms with van der Waals surface area (Å²) in [7, 11) is 0. The van der Waals surface area contributed by atoms with Crippen molar-refractivity contribution in [2.75, 3.05) is 0 Å². The van der Waals surface area contributed by atoms with Gasteiger partial charge in [0.2, 0.25) is 0 Å². The number of halogens is 1. The number of carbonyl (C=O) groups is 1. The molecule has 0 aliphatic heterocycles. The predicted octanol–water partition coefficient (Wildman–Crippen LogP) is 5.36. The molecular formula is C17H17ClO2. The van der Waals surface area contributed by atoms with Crippen LogP contribution in [0.25, 0.3) is 0 Å². The van der Waals surface area contributed by atoms with Crippen LogP contribution >= 0.6 is 11.6 Å². The Kier molecular flexibility index (Phi) is 4.15. The summed E-state index contributed by atoms with van der Waals surface area (Å²) in [4.78, 5) is 12.1. The number of ether oxygens (including phenoxy) is 1. The van der Waals surface area contributed by atoms with Crippen LogP contribution in [0.3, 0.4) is 0 Å². The van der Waals surface area contributed by atoms with Gasteiger partial charge in [0.25, 0.3) is 0 Å². The van der Waals surface area contributed by atoms with Crippen LogP contribution in [0.1, 0.15) is 31.1 Å². The van der Waals surface area contributed by atoms with Crippen LogP contribution in [0.4, 0.5) is 0 Å². The molecule has 0 saturated heterocycles. The number of Topliss-reactive ketones (excluding diaryl/α,β-unsaturated/α-hetero) is 1. The van der Waals surface area contributed by atoms with E-state index in [1.165, 1.54) is 0 Å². The number of ketones is 1. The fourth-order valence-corrected chi connectivity index (χ4v) is 1.95. The van der Waals surface area contributed by atoms with Crippen molar-refractivity contribution in [3.8, 4) is 11.5 Å². The molecule has 104 valence electrons. The first-order chi connectivity index (χ1) is 9.36. The zero-order valence-corrected chi connectivity index (χ0v) is 12.6. The molecular weight excluding hydrogens is 272 g/mol. The minimum atomic E-state index is -0.380. The molecule has 0 atom stereocenters. The van der Waals surface area contributed by atoms with Gasteiger partial charge in [-0.1, -0.05) is 38.4 Å². The first-order valence-corrected chi connectivity index (χ1v) is 6.82. The molecule has 2 rings (SSSR count). The van der Waals surface area contributed by atoms with E-state index in [2.05, 4.69) is 0 Å². The van der Waals surface area contributed by atoms with Crippen LogP contribution in [0.2, 0.25) is 5.02 Å². The zero-order valence-electron chi connectivity index (χ0n) is 11.8. The lowest BCUT2D eigenvalue weighted by Crippen LogP contribution is -2.19. The van der Waals surface area contributed by atoms with Gasteiger partial charge in [-0.05, 0) is 42.5 Å². The first-order valence-electron chi connectivity index (χ1n) is 6.44. The lowest BCUT2D eigenvalue weighted by Gasteiger charge is -2.16. The average molecular weight is 289 g/mol. The molecule has 0 unspecified atom stereocenters. The Morgan fingerprint density at radius 3 is 2.20 bits per heavy atom. The molecule has 0 aliphatic carbocycles. The van der Waals surface area contributed by atoms with Gasteiger partial charge in [-0.25, -0.2) is 0 Å². The topological polar surface area (TPSA) is 26.3 Å². The molecule has 2 aromatic rings. The molecule has 0 N–H and O–H groups in total. The smallest absolute Gasteiger partial charge is 0.168 e. The van der Waals surface area contributed by atoms with Gasteiger partial charge in [0.1, 0.15) is 11.5 Å². The maximum Gasteiger partial charge on any atom is 0.168 e. The summed E-state index contributed by atoms with van der Waals surface area (Å²) in [5.74, 6) is 1.47. The zero-order chi connectivity index (χ0) is 14.8. The monoisotopic (exact) mass is 288 g/mol. The van der Waals surface area contributed by atoms with Crippen molar-refractivity contribution in [2.24, 2.45) is 5.41 Å². The van der Waals surface area contributed by atoms with Crippen molar-refractivity contribution in [3.05, 3.63) is 59.1 Å². The maximum absolute atomic E-state index is 12.1. The number of benzene rings is 2. The second-order valence-electron chi connectivity index (χ2n) is 5.66. The molecule has 2 aromatic carbocycles. The van der Waals surface area contributed by atoms with Crippen LogP contribution in [0.5, 0.6) is 11.5 Å². The minimum Gasteiger partial charge on any atom is -0.457 e. The highest BCUT2D eigenvalue weighted by Crippen LogP contribution is 2.26. The summed E-state index contributed by atoms with van der Waals surface area (Å²) in [6.45, 7) is 5.73. The Labute approximate surface area is 124 Å². The summed E-state index contributed by atoms with van der Waals surface area (Å²) in [5, 5.41) is 0.627. The molecule has 20 heavy (non-hydrogen) atoms. The SMILES string of the molecule is CC(C)(C)C(=O)c1ccc(Oc2cccc(Cl)c2)cc1. The highest BCUT2D eigenvalue weighted by Gasteiger charge is 2.22. The van der Waals surface area contributed by atoms with Gasteiger partial charge in [0.05, 0.1) is 0 Å². The molecule has 0 fully saturated rings. The van der Waals surface area contributed by atoms with Crippen LogP contribution in [0.15, 0.2) is 48.5 Å². The Balaban J connectivity index is 2.15. The Hall–Kier alpha value is -1.80. The van der Waals surface area contributed by atoms with E-state index in [1.807, 2.05) is 32.9 Å². The third-order valence-electron chi connectivity index (χ3n) is 2.83. The van der Waals surface area contributed by atoms with Gasteiger partial charge in [0.15, 0.2) is 5.78 Å². The molecule has 0 radical (unpaired) electrons. The van der Waals surface area contributed by atoms with Crippen LogP contribution in [-0.2, 0) is 0 Å². The highest BCUT2D eigenvalue weighted by molar-refractivity contribution is 6.30. The third-order valence-corrected chi connectivity index (χ3v) is 3.06. The average Bonchev–Trinajstić information content (AvgIpc) is 2.38. The first kappa shape index (κ1) is 14.6. The van der Waals surface area contributed by atoms with E-state index in [4.69, 9.17) is 16.3 Å². The Bertz CT molecular complexity index is 610. The number of hydrogen-bond donors (Lipinski definition) is 0. The van der Waals surface area contributed by atoms with Crippen LogP contribution < -0.4 is 4.74 Å². The second kappa shape index (κ2) is 5.68. The maximum atomic E-state index is 12.1. The van der Waals surface area contributed by atoms with Crippen molar-refractivity contribution in [3.63, 3.8) is 0 Å². The summed E-state index contributed by atoms with van der Waals surface area (Å²) >= 11 is 5.90. The number of hydrogen-bond acceptors (Lipinski definition) is 2. The fourth-order valence-electron chi connectivity index (χ4n) is 1.77. The fraction of sp³-hybridized carbons (Fsp3) is 0.235. The molecule has 0 saturated carbocycles. The van der Waals surface area contributed by atoms with Gasteiger partial charge in [-0.3, -0.25) is 4.79 Å². The van der Waals surface area contributed by atoms with Gasteiger partial charge in [0, 0.05) is 16.0 Å². The molecule has 2 nitrogen and oxygen atoms in total. The van der Waals surface area contributed by atoms with Crippen molar-refractivity contribution in [1.82, 2.24) is 0 Å². The van der Waals surface area contributed by atoms with Crippen molar-refractivity contribution in [1.29, 1.82) is 0 Å². The van der Waals surface area contributed by atoms with E-state index in [0.29, 0.717) is 22.1 Å². The Morgan fingerprint density at radius 1 is 1.00 bits per heavy atom. The van der Waals surface area contributed by atoms with E-state index in [9.17, 15) is 4.79 Å². The van der Waals surface area contributed by atoms with Crippen LogP contribution in [-0.4, -0.2) is 5.78 Å². The van der Waals surface area contributed by atoms with Crippen molar-refractivity contribution < 1.29 is 9.53 Å². The molecule has 0 aliphatic rings. The van der Waals surface area contributed by atoms with Crippen molar-refractivity contribution in [2.45, 2.75) is 20.8 Å². The third kappa shape index (κ3) is 3.61. The van der Waals surface area contributed by atoms with E-state index in [-0.39, 0.29) is 11.2 Å². The molecule has 0 aromatic heterocycles. The molecule has 0 bridgehead atoms. The van der Waals surface area contributed by atoms with E-state index < -0.39 is 0 Å². The molecule has 0 amide bonds. The van der Waals surface area contributed by atoms with E-state index >= 15 is 0 Å². The largest absolute Gasteiger partial charge is 0.457 e. The van der Waals surface area contributed by atoms with Crippen LogP contribution in [0, 0.1) is 5.41 Å².